The predicted octanol–water partition coefficient (Wildman–Crippen LogP) is 5.65. The maximum absolute atomic E-state index is 13.7. The molecule has 2 rings (SSSR count). The van der Waals surface area contributed by atoms with Crippen molar-refractivity contribution < 1.29 is 18.0 Å². The van der Waals surface area contributed by atoms with E-state index in [9.17, 15) is 18.0 Å². The Morgan fingerprint density at radius 2 is 1.58 bits per heavy atom. The van der Waals surface area contributed by atoms with Crippen molar-refractivity contribution in [2.75, 3.05) is 23.7 Å². The molecule has 0 bridgehead atoms. The molecule has 0 heterocycles. The smallest absolute Gasteiger partial charge is 0.244 e. The largest absolute Gasteiger partial charge is 0.354 e. The first kappa shape index (κ1) is 30.5. The summed E-state index contributed by atoms with van der Waals surface area (Å²) >= 11 is 24.7. The van der Waals surface area contributed by atoms with E-state index in [1.54, 1.807) is 31.2 Å². The summed E-state index contributed by atoms with van der Waals surface area (Å²) < 4.78 is 26.3. The first-order valence-corrected chi connectivity index (χ1v) is 14.5. The Morgan fingerprint density at radius 1 is 0.972 bits per heavy atom. The fraction of sp³-hybridized carbons (Fsp3) is 0.417. The lowest BCUT2D eigenvalue weighted by atomic mass is 10.1. The molecule has 0 saturated carbocycles. The monoisotopic (exact) mass is 595 g/mol. The highest BCUT2D eigenvalue weighted by Gasteiger charge is 2.32. The van der Waals surface area contributed by atoms with Gasteiger partial charge < -0.3 is 10.2 Å². The summed E-state index contributed by atoms with van der Waals surface area (Å²) in [5.41, 5.74) is 0.609. The second kappa shape index (κ2) is 13.2. The van der Waals surface area contributed by atoms with Crippen LogP contribution in [0.1, 0.15) is 32.8 Å². The molecule has 0 fully saturated rings. The number of sulfonamides is 1. The number of nitrogens with one attached hydrogen (secondary N) is 1. The van der Waals surface area contributed by atoms with Crippen LogP contribution in [0.25, 0.3) is 0 Å². The Morgan fingerprint density at radius 3 is 2.14 bits per heavy atom. The summed E-state index contributed by atoms with van der Waals surface area (Å²) in [7, 11) is -3.98. The molecule has 0 aliphatic carbocycles. The highest BCUT2D eigenvalue weighted by atomic mass is 35.5. The molecule has 0 radical (unpaired) electrons. The molecule has 1 atom stereocenters. The molecule has 0 unspecified atom stereocenters. The molecule has 36 heavy (non-hydrogen) atoms. The van der Waals surface area contributed by atoms with Crippen molar-refractivity contribution in [2.45, 2.75) is 39.8 Å². The van der Waals surface area contributed by atoms with Crippen molar-refractivity contribution in [3.63, 3.8) is 0 Å². The van der Waals surface area contributed by atoms with Gasteiger partial charge in [-0.25, -0.2) is 8.42 Å². The third-order valence-electron chi connectivity index (χ3n) is 5.31. The molecule has 12 heteroatoms. The van der Waals surface area contributed by atoms with E-state index in [2.05, 4.69) is 5.32 Å². The van der Waals surface area contributed by atoms with E-state index in [1.165, 1.54) is 17.0 Å². The topological polar surface area (TPSA) is 86.8 Å². The Hall–Kier alpha value is -1.71. The fourth-order valence-electron chi connectivity index (χ4n) is 3.45. The Kier molecular flexibility index (Phi) is 11.2. The van der Waals surface area contributed by atoms with Crippen molar-refractivity contribution >= 4 is 73.9 Å². The second-order valence-electron chi connectivity index (χ2n) is 8.66. The van der Waals surface area contributed by atoms with Crippen LogP contribution < -0.4 is 9.62 Å². The van der Waals surface area contributed by atoms with Gasteiger partial charge in [0.15, 0.2) is 0 Å². The second-order valence-corrected chi connectivity index (χ2v) is 12.2. The third kappa shape index (κ3) is 8.15. The minimum Gasteiger partial charge on any atom is -0.354 e. The first-order valence-electron chi connectivity index (χ1n) is 11.2. The van der Waals surface area contributed by atoms with Crippen LogP contribution in [0, 0.1) is 5.92 Å². The van der Waals surface area contributed by atoms with Gasteiger partial charge >= 0.3 is 0 Å². The zero-order chi connectivity index (χ0) is 27.2. The lowest BCUT2D eigenvalue weighted by Gasteiger charge is -2.33. The first-order chi connectivity index (χ1) is 16.8. The van der Waals surface area contributed by atoms with Crippen LogP contribution in [0.15, 0.2) is 36.4 Å². The SMILES string of the molecule is CC[C@@H](C(=O)NCC(C)C)N(Cc1ccccc1Cl)C(=O)CN(c1cc(Cl)c(Cl)cc1Cl)S(C)(=O)=O. The van der Waals surface area contributed by atoms with Crippen molar-refractivity contribution in [1.82, 2.24) is 10.2 Å². The van der Waals surface area contributed by atoms with E-state index >= 15 is 0 Å². The van der Waals surface area contributed by atoms with E-state index in [0.717, 1.165) is 10.6 Å². The van der Waals surface area contributed by atoms with E-state index in [4.69, 9.17) is 46.4 Å². The van der Waals surface area contributed by atoms with Gasteiger partial charge in [0.1, 0.15) is 12.6 Å². The quantitative estimate of drug-likeness (QED) is 0.340. The van der Waals surface area contributed by atoms with Crippen LogP contribution in [-0.4, -0.2) is 50.5 Å². The molecule has 2 aromatic rings. The van der Waals surface area contributed by atoms with Gasteiger partial charge in [-0.2, -0.15) is 0 Å². The molecule has 2 amide bonds. The van der Waals surface area contributed by atoms with Gasteiger partial charge in [-0.3, -0.25) is 13.9 Å². The van der Waals surface area contributed by atoms with Gasteiger partial charge in [0.05, 0.1) is 27.0 Å². The predicted molar refractivity (Wildman–Crippen MR) is 148 cm³/mol. The summed E-state index contributed by atoms with van der Waals surface area (Å²) in [4.78, 5) is 28.1. The summed E-state index contributed by atoms with van der Waals surface area (Å²) in [6.07, 6.45) is 1.25. The number of hydrogen-bond donors (Lipinski definition) is 1. The van der Waals surface area contributed by atoms with Gasteiger partial charge in [0, 0.05) is 18.1 Å². The Bertz CT molecular complexity index is 1210. The van der Waals surface area contributed by atoms with Crippen molar-refractivity contribution in [3.8, 4) is 0 Å². The van der Waals surface area contributed by atoms with Gasteiger partial charge in [0.25, 0.3) is 0 Å². The highest BCUT2D eigenvalue weighted by Crippen LogP contribution is 2.35. The molecule has 198 valence electrons. The average Bonchev–Trinajstić information content (AvgIpc) is 2.78. The number of anilines is 1. The van der Waals surface area contributed by atoms with Gasteiger partial charge in [-0.15, -0.1) is 0 Å². The summed E-state index contributed by atoms with van der Waals surface area (Å²) in [6.45, 7) is 5.50. The van der Waals surface area contributed by atoms with Crippen LogP contribution in [-0.2, 0) is 26.2 Å². The molecule has 0 aliphatic rings. The van der Waals surface area contributed by atoms with E-state index in [-0.39, 0.29) is 39.1 Å². The third-order valence-corrected chi connectivity index (χ3v) is 7.83. The van der Waals surface area contributed by atoms with Crippen LogP contribution in [0.5, 0.6) is 0 Å². The number of carbonyl (C=O) groups excluding carboxylic acids is 2. The molecule has 0 saturated heterocycles. The lowest BCUT2D eigenvalue weighted by molar-refractivity contribution is -0.140. The molecular formula is C24H29Cl4N3O4S. The van der Waals surface area contributed by atoms with Crippen molar-refractivity contribution in [2.24, 2.45) is 5.92 Å². The maximum Gasteiger partial charge on any atom is 0.244 e. The maximum atomic E-state index is 13.7. The number of carbonyl (C=O) groups is 2. The molecule has 1 N–H and O–H groups in total. The molecule has 0 aliphatic heterocycles. The minimum atomic E-state index is -3.98. The Labute approximate surface area is 232 Å². The highest BCUT2D eigenvalue weighted by molar-refractivity contribution is 7.92. The molecule has 0 spiro atoms. The van der Waals surface area contributed by atoms with Crippen LogP contribution in [0.3, 0.4) is 0 Å². The van der Waals surface area contributed by atoms with Crippen LogP contribution in [0.4, 0.5) is 5.69 Å². The summed E-state index contributed by atoms with van der Waals surface area (Å²) in [6, 6.07) is 8.66. The summed E-state index contributed by atoms with van der Waals surface area (Å²) in [5, 5.41) is 3.49. The molecule has 0 aromatic heterocycles. The van der Waals surface area contributed by atoms with E-state index in [0.29, 0.717) is 23.6 Å². The number of nitrogens with zero attached hydrogens (tertiary/aromatic N) is 2. The summed E-state index contributed by atoms with van der Waals surface area (Å²) in [5.74, 6) is -0.754. The molecule has 2 aromatic carbocycles. The van der Waals surface area contributed by atoms with Crippen molar-refractivity contribution in [3.05, 3.63) is 62.1 Å². The van der Waals surface area contributed by atoms with Gasteiger partial charge in [-0.05, 0) is 36.1 Å². The average molecular weight is 597 g/mol. The number of rotatable bonds is 11. The minimum absolute atomic E-state index is 0.00117. The van der Waals surface area contributed by atoms with E-state index < -0.39 is 28.5 Å². The zero-order valence-corrected chi connectivity index (χ0v) is 24.2. The van der Waals surface area contributed by atoms with Gasteiger partial charge in [0.2, 0.25) is 21.8 Å². The fourth-order valence-corrected chi connectivity index (χ4v) is 5.19. The zero-order valence-electron chi connectivity index (χ0n) is 20.4. The van der Waals surface area contributed by atoms with Crippen LogP contribution in [0.2, 0.25) is 20.1 Å². The number of halogens is 4. The standard InChI is InChI=1S/C24H29Cl4N3O4S/c1-5-21(24(33)29-12-15(2)3)30(13-16-8-6-7-9-17(16)25)23(32)14-31(36(4,34)35)22-11-19(27)18(26)10-20(22)28/h6-11,15,21H,5,12-14H2,1-4H3,(H,29,33)/t21-/m0/s1. The van der Waals surface area contributed by atoms with Gasteiger partial charge in [-0.1, -0.05) is 85.4 Å². The van der Waals surface area contributed by atoms with Crippen molar-refractivity contribution in [1.29, 1.82) is 0 Å². The molecule has 7 nitrogen and oxygen atoms in total. The molecular weight excluding hydrogens is 568 g/mol. The number of amides is 2. The number of hydrogen-bond acceptors (Lipinski definition) is 4. The number of benzene rings is 2. The normalized spacial score (nSPS) is 12.4. The lowest BCUT2D eigenvalue weighted by Crippen LogP contribution is -2.52. The Balaban J connectivity index is 2.50. The van der Waals surface area contributed by atoms with Crippen LogP contribution >= 0.6 is 46.4 Å². The van der Waals surface area contributed by atoms with E-state index in [1.807, 2.05) is 13.8 Å².